The molecule has 0 heterocycles. The summed E-state index contributed by atoms with van der Waals surface area (Å²) in [4.78, 5) is 0. The molecule has 0 heteroatoms. The van der Waals surface area contributed by atoms with E-state index in [2.05, 4.69) is 51.1 Å². The highest BCUT2D eigenvalue weighted by Gasteiger charge is 2.30. The van der Waals surface area contributed by atoms with E-state index in [1.807, 2.05) is 0 Å². The summed E-state index contributed by atoms with van der Waals surface area (Å²) in [6.45, 7) is 6.98. The molecule has 144 valence electrons. The number of hydrogen-bond acceptors (Lipinski definition) is 0. The van der Waals surface area contributed by atoms with Gasteiger partial charge in [0.05, 0.1) is 0 Å². The molecule has 0 saturated carbocycles. The zero-order chi connectivity index (χ0) is 18.2. The smallest absolute Gasteiger partial charge is 0.00470 e. The maximum atomic E-state index is 2.40. The highest BCUT2D eigenvalue weighted by atomic mass is 14.3. The molecular formula is C25H44. The second-order valence-corrected chi connectivity index (χ2v) is 8.08. The Balaban J connectivity index is 2.57. The standard InChI is InChI=1S/C25H44/c1-4-7-10-11-12-13-14-18-23-25(21-8-5-2,22-9-6-3)24-19-16-15-17-20-24/h15-17,19-20H,4-14,18,21-23H2,1-3H3. The zero-order valence-corrected chi connectivity index (χ0v) is 17.5. The SMILES string of the molecule is CCCCCCCCCCC(CCCC)(CCCC)c1ccccc1. The molecule has 0 saturated heterocycles. The van der Waals surface area contributed by atoms with Crippen molar-refractivity contribution >= 4 is 0 Å². The first-order chi connectivity index (χ1) is 12.3. The summed E-state index contributed by atoms with van der Waals surface area (Å²) in [5.41, 5.74) is 2.05. The second kappa shape index (κ2) is 14.4. The van der Waals surface area contributed by atoms with E-state index in [4.69, 9.17) is 0 Å². The van der Waals surface area contributed by atoms with E-state index in [-0.39, 0.29) is 0 Å². The molecule has 0 spiro atoms. The van der Waals surface area contributed by atoms with E-state index in [1.165, 1.54) is 96.3 Å². The lowest BCUT2D eigenvalue weighted by molar-refractivity contribution is 0.305. The van der Waals surface area contributed by atoms with Gasteiger partial charge in [0, 0.05) is 0 Å². The molecule has 0 aliphatic rings. The Morgan fingerprint density at radius 2 is 0.960 bits per heavy atom. The summed E-state index contributed by atoms with van der Waals surface area (Å²) >= 11 is 0. The van der Waals surface area contributed by atoms with E-state index >= 15 is 0 Å². The Hall–Kier alpha value is -0.780. The van der Waals surface area contributed by atoms with E-state index in [1.54, 1.807) is 5.56 Å². The highest BCUT2D eigenvalue weighted by Crippen LogP contribution is 2.40. The molecule has 0 aromatic heterocycles. The maximum Gasteiger partial charge on any atom is -0.00470 e. The number of benzene rings is 1. The van der Waals surface area contributed by atoms with Crippen molar-refractivity contribution in [3.63, 3.8) is 0 Å². The Morgan fingerprint density at radius 3 is 1.48 bits per heavy atom. The molecule has 25 heavy (non-hydrogen) atoms. The summed E-state index contributed by atoms with van der Waals surface area (Å²) in [6.07, 6.45) is 20.9. The quantitative estimate of drug-likeness (QED) is 0.263. The molecule has 0 nitrogen and oxygen atoms in total. The summed E-state index contributed by atoms with van der Waals surface area (Å²) in [5.74, 6) is 0. The van der Waals surface area contributed by atoms with E-state index in [9.17, 15) is 0 Å². The van der Waals surface area contributed by atoms with Gasteiger partial charge in [0.2, 0.25) is 0 Å². The first kappa shape index (κ1) is 22.3. The van der Waals surface area contributed by atoms with Crippen LogP contribution in [-0.4, -0.2) is 0 Å². The van der Waals surface area contributed by atoms with Gasteiger partial charge in [0.15, 0.2) is 0 Å². The lowest BCUT2D eigenvalue weighted by atomic mass is 9.69. The Bertz CT molecular complexity index is 384. The molecule has 0 fully saturated rings. The van der Waals surface area contributed by atoms with Gasteiger partial charge in [0.25, 0.3) is 0 Å². The molecule has 0 radical (unpaired) electrons. The van der Waals surface area contributed by atoms with Gasteiger partial charge in [-0.1, -0.05) is 128 Å². The highest BCUT2D eigenvalue weighted by molar-refractivity contribution is 5.25. The van der Waals surface area contributed by atoms with Crippen LogP contribution in [-0.2, 0) is 5.41 Å². The first-order valence-electron chi connectivity index (χ1n) is 11.3. The van der Waals surface area contributed by atoms with Gasteiger partial charge in [-0.25, -0.2) is 0 Å². The van der Waals surface area contributed by atoms with Crippen LogP contribution in [0.3, 0.4) is 0 Å². The summed E-state index contributed by atoms with van der Waals surface area (Å²) in [7, 11) is 0. The third-order valence-electron chi connectivity index (χ3n) is 5.91. The van der Waals surface area contributed by atoms with Gasteiger partial charge < -0.3 is 0 Å². The predicted molar refractivity (Wildman–Crippen MR) is 114 cm³/mol. The van der Waals surface area contributed by atoms with E-state index < -0.39 is 0 Å². The van der Waals surface area contributed by atoms with Crippen LogP contribution in [0, 0.1) is 0 Å². The van der Waals surface area contributed by atoms with Crippen LogP contribution < -0.4 is 0 Å². The summed E-state index contributed by atoms with van der Waals surface area (Å²) < 4.78 is 0. The van der Waals surface area contributed by atoms with Crippen molar-refractivity contribution in [1.29, 1.82) is 0 Å². The lowest BCUT2D eigenvalue weighted by Crippen LogP contribution is -2.26. The van der Waals surface area contributed by atoms with Crippen LogP contribution in [0.4, 0.5) is 0 Å². The minimum atomic E-state index is 0.440. The Kier molecular flexibility index (Phi) is 12.8. The van der Waals surface area contributed by atoms with Crippen molar-refractivity contribution in [2.45, 2.75) is 122 Å². The molecular weight excluding hydrogens is 300 g/mol. The van der Waals surface area contributed by atoms with Crippen LogP contribution >= 0.6 is 0 Å². The lowest BCUT2D eigenvalue weighted by Gasteiger charge is -2.35. The number of unbranched alkanes of at least 4 members (excludes halogenated alkanes) is 9. The van der Waals surface area contributed by atoms with Gasteiger partial charge >= 0.3 is 0 Å². The summed E-state index contributed by atoms with van der Waals surface area (Å²) in [6, 6.07) is 11.5. The molecule has 1 rings (SSSR count). The number of rotatable bonds is 16. The fourth-order valence-electron chi connectivity index (χ4n) is 4.23. The van der Waals surface area contributed by atoms with Crippen molar-refractivity contribution in [2.75, 3.05) is 0 Å². The van der Waals surface area contributed by atoms with Crippen LogP contribution in [0.15, 0.2) is 30.3 Å². The van der Waals surface area contributed by atoms with Crippen molar-refractivity contribution in [1.82, 2.24) is 0 Å². The molecule has 0 aliphatic heterocycles. The maximum absolute atomic E-state index is 2.40. The number of hydrogen-bond donors (Lipinski definition) is 0. The van der Waals surface area contributed by atoms with E-state index in [0.717, 1.165) is 0 Å². The molecule has 0 N–H and O–H groups in total. The average molecular weight is 345 g/mol. The third-order valence-corrected chi connectivity index (χ3v) is 5.91. The molecule has 1 aromatic carbocycles. The van der Waals surface area contributed by atoms with Crippen molar-refractivity contribution in [3.05, 3.63) is 35.9 Å². The molecule has 1 aromatic rings. The summed E-state index contributed by atoms with van der Waals surface area (Å²) in [5, 5.41) is 0. The molecule has 0 bridgehead atoms. The Morgan fingerprint density at radius 1 is 0.520 bits per heavy atom. The van der Waals surface area contributed by atoms with Crippen LogP contribution in [0.2, 0.25) is 0 Å². The minimum absolute atomic E-state index is 0.440. The monoisotopic (exact) mass is 344 g/mol. The van der Waals surface area contributed by atoms with Crippen LogP contribution in [0.25, 0.3) is 0 Å². The van der Waals surface area contributed by atoms with Gasteiger partial charge in [-0.05, 0) is 30.2 Å². The largest absolute Gasteiger partial charge is 0.0654 e. The van der Waals surface area contributed by atoms with Crippen LogP contribution in [0.5, 0.6) is 0 Å². The van der Waals surface area contributed by atoms with Crippen molar-refractivity contribution < 1.29 is 0 Å². The fourth-order valence-corrected chi connectivity index (χ4v) is 4.23. The van der Waals surface area contributed by atoms with Gasteiger partial charge in [-0.2, -0.15) is 0 Å². The molecule has 0 atom stereocenters. The zero-order valence-electron chi connectivity index (χ0n) is 17.5. The molecule has 0 amide bonds. The van der Waals surface area contributed by atoms with Gasteiger partial charge in [-0.3, -0.25) is 0 Å². The topological polar surface area (TPSA) is 0 Å². The fraction of sp³-hybridized carbons (Fsp3) is 0.760. The minimum Gasteiger partial charge on any atom is -0.0654 e. The Labute approximate surface area is 158 Å². The average Bonchev–Trinajstić information content (AvgIpc) is 2.66. The van der Waals surface area contributed by atoms with Gasteiger partial charge in [-0.15, -0.1) is 0 Å². The molecule has 0 aliphatic carbocycles. The predicted octanol–water partition coefficient (Wildman–Crippen LogP) is 8.84. The van der Waals surface area contributed by atoms with Crippen molar-refractivity contribution in [2.24, 2.45) is 0 Å². The van der Waals surface area contributed by atoms with Gasteiger partial charge in [0.1, 0.15) is 0 Å². The second-order valence-electron chi connectivity index (χ2n) is 8.08. The molecule has 0 unspecified atom stereocenters. The first-order valence-corrected chi connectivity index (χ1v) is 11.3. The third kappa shape index (κ3) is 8.93. The van der Waals surface area contributed by atoms with Crippen LogP contribution in [0.1, 0.15) is 123 Å². The van der Waals surface area contributed by atoms with E-state index in [0.29, 0.717) is 5.41 Å². The normalized spacial score (nSPS) is 11.8. The van der Waals surface area contributed by atoms with Crippen molar-refractivity contribution in [3.8, 4) is 0 Å².